The lowest BCUT2D eigenvalue weighted by Crippen LogP contribution is -2.13. The van der Waals surface area contributed by atoms with E-state index >= 15 is 0 Å². The zero-order chi connectivity index (χ0) is 22.9. The fourth-order valence-corrected chi connectivity index (χ4v) is 2.82. The molecule has 1 N–H and O–H groups in total. The Kier molecular flexibility index (Phi) is 7.44. The van der Waals surface area contributed by atoms with Gasteiger partial charge in [-0.25, -0.2) is 4.39 Å². The highest BCUT2D eigenvalue weighted by Crippen LogP contribution is 2.30. The number of nitriles is 1. The fraction of sp³-hybridized carbons (Fsp3) is 0.120. The quantitative estimate of drug-likeness (QED) is 0.402. The molecule has 162 valence electrons. The van der Waals surface area contributed by atoms with Gasteiger partial charge in [-0.3, -0.25) is 4.79 Å². The van der Waals surface area contributed by atoms with Crippen molar-refractivity contribution >= 4 is 17.7 Å². The number of carbonyl (C=O) groups is 1. The van der Waals surface area contributed by atoms with E-state index in [-0.39, 0.29) is 18.0 Å². The molecular weight excluding hydrogens is 411 g/mol. The minimum Gasteiger partial charge on any atom is -0.497 e. The summed E-state index contributed by atoms with van der Waals surface area (Å²) in [6.45, 7) is 0.236. The van der Waals surface area contributed by atoms with Crippen LogP contribution in [0.15, 0.2) is 72.3 Å². The van der Waals surface area contributed by atoms with Crippen molar-refractivity contribution in [2.45, 2.75) is 6.61 Å². The van der Waals surface area contributed by atoms with Crippen molar-refractivity contribution in [1.29, 1.82) is 5.26 Å². The van der Waals surface area contributed by atoms with E-state index in [9.17, 15) is 14.4 Å². The van der Waals surface area contributed by atoms with Gasteiger partial charge in [-0.1, -0.05) is 18.2 Å². The Morgan fingerprint density at radius 2 is 1.72 bits per heavy atom. The molecule has 0 heterocycles. The van der Waals surface area contributed by atoms with E-state index in [1.54, 1.807) is 61.7 Å². The molecule has 0 aliphatic rings. The summed E-state index contributed by atoms with van der Waals surface area (Å²) in [7, 11) is 3.05. The number of carbonyl (C=O) groups excluding carboxylic acids is 1. The van der Waals surface area contributed by atoms with Crippen molar-refractivity contribution < 1.29 is 23.4 Å². The standard InChI is InChI=1S/C25H21FN2O4/c1-30-22-10-8-21(9-11-22)28-25(29)19(15-27)13-18-5-12-23(24(14-18)31-2)32-16-17-3-6-20(26)7-4-17/h3-14H,16H2,1-2H3,(H,28,29)/b19-13+. The van der Waals surface area contributed by atoms with Gasteiger partial charge in [-0.15, -0.1) is 0 Å². The third-order valence-corrected chi connectivity index (χ3v) is 4.52. The minimum absolute atomic E-state index is 0.0668. The molecule has 0 atom stereocenters. The van der Waals surface area contributed by atoms with Crippen molar-refractivity contribution in [1.82, 2.24) is 0 Å². The average Bonchev–Trinajstić information content (AvgIpc) is 2.82. The summed E-state index contributed by atoms with van der Waals surface area (Å²) >= 11 is 0. The Bertz CT molecular complexity index is 1150. The number of methoxy groups -OCH3 is 2. The van der Waals surface area contributed by atoms with Gasteiger partial charge in [0.1, 0.15) is 29.8 Å². The summed E-state index contributed by atoms with van der Waals surface area (Å²) < 4.78 is 29.3. The van der Waals surface area contributed by atoms with E-state index in [0.717, 1.165) is 5.56 Å². The Morgan fingerprint density at radius 3 is 2.34 bits per heavy atom. The second kappa shape index (κ2) is 10.6. The van der Waals surface area contributed by atoms with Crippen LogP contribution in [0.25, 0.3) is 6.08 Å². The van der Waals surface area contributed by atoms with Gasteiger partial charge in [0.05, 0.1) is 14.2 Å². The lowest BCUT2D eigenvalue weighted by molar-refractivity contribution is -0.112. The van der Waals surface area contributed by atoms with Gasteiger partial charge in [0, 0.05) is 5.69 Å². The monoisotopic (exact) mass is 432 g/mol. The van der Waals surface area contributed by atoms with Crippen LogP contribution in [0.2, 0.25) is 0 Å². The number of halogens is 1. The van der Waals surface area contributed by atoms with Gasteiger partial charge in [-0.2, -0.15) is 5.26 Å². The summed E-state index contributed by atoms with van der Waals surface area (Å²) in [6, 6.07) is 19.8. The van der Waals surface area contributed by atoms with Crippen molar-refractivity contribution in [2.24, 2.45) is 0 Å². The predicted octanol–water partition coefficient (Wildman–Crippen LogP) is 4.97. The normalized spacial score (nSPS) is 10.8. The Hall–Kier alpha value is -4.31. The van der Waals surface area contributed by atoms with E-state index in [1.165, 1.54) is 25.3 Å². The van der Waals surface area contributed by atoms with Crippen LogP contribution in [-0.2, 0) is 11.4 Å². The van der Waals surface area contributed by atoms with Crippen molar-refractivity contribution in [2.75, 3.05) is 19.5 Å². The van der Waals surface area contributed by atoms with Crippen LogP contribution in [0.5, 0.6) is 17.2 Å². The SMILES string of the molecule is COc1ccc(NC(=O)/C(C#N)=C/c2ccc(OCc3ccc(F)cc3)c(OC)c2)cc1. The third kappa shape index (κ3) is 5.86. The van der Waals surface area contributed by atoms with Gasteiger partial charge in [0.15, 0.2) is 11.5 Å². The summed E-state index contributed by atoms with van der Waals surface area (Å²) in [5, 5.41) is 12.1. The maximum atomic E-state index is 13.0. The second-order valence-electron chi connectivity index (χ2n) is 6.68. The second-order valence-corrected chi connectivity index (χ2v) is 6.68. The van der Waals surface area contributed by atoms with Crippen molar-refractivity contribution in [3.05, 3.63) is 89.2 Å². The lowest BCUT2D eigenvalue weighted by Gasteiger charge is -2.12. The molecule has 7 heteroatoms. The highest BCUT2D eigenvalue weighted by Gasteiger charge is 2.12. The molecule has 32 heavy (non-hydrogen) atoms. The van der Waals surface area contributed by atoms with Crippen LogP contribution >= 0.6 is 0 Å². The molecule has 0 unspecified atom stereocenters. The summed E-state index contributed by atoms with van der Waals surface area (Å²) in [5.41, 5.74) is 1.87. The van der Waals surface area contributed by atoms with E-state index in [2.05, 4.69) is 5.32 Å². The van der Waals surface area contributed by atoms with E-state index < -0.39 is 5.91 Å². The molecule has 0 saturated carbocycles. The number of benzene rings is 3. The molecule has 3 aromatic carbocycles. The third-order valence-electron chi connectivity index (χ3n) is 4.52. The number of ether oxygens (including phenoxy) is 3. The highest BCUT2D eigenvalue weighted by atomic mass is 19.1. The van der Waals surface area contributed by atoms with Gasteiger partial charge in [-0.05, 0) is 65.7 Å². The molecule has 1 amide bonds. The maximum absolute atomic E-state index is 13.0. The molecule has 3 aromatic rings. The molecular formula is C25H21FN2O4. The van der Waals surface area contributed by atoms with Gasteiger partial charge >= 0.3 is 0 Å². The number of hydrogen-bond donors (Lipinski definition) is 1. The number of rotatable bonds is 8. The first-order valence-corrected chi connectivity index (χ1v) is 9.65. The molecule has 0 aliphatic heterocycles. The molecule has 0 fully saturated rings. The molecule has 0 aliphatic carbocycles. The molecule has 6 nitrogen and oxygen atoms in total. The summed E-state index contributed by atoms with van der Waals surface area (Å²) in [5.74, 6) is 0.733. The lowest BCUT2D eigenvalue weighted by atomic mass is 10.1. The van der Waals surface area contributed by atoms with Gasteiger partial charge in [0.2, 0.25) is 0 Å². The van der Waals surface area contributed by atoms with E-state index in [4.69, 9.17) is 14.2 Å². The van der Waals surface area contributed by atoms with E-state index in [0.29, 0.717) is 28.5 Å². The molecule has 0 radical (unpaired) electrons. The number of hydrogen-bond acceptors (Lipinski definition) is 5. The Morgan fingerprint density at radius 1 is 1.00 bits per heavy atom. The summed E-state index contributed by atoms with van der Waals surface area (Å²) in [6.07, 6.45) is 1.46. The first kappa shape index (κ1) is 22.4. The average molecular weight is 432 g/mol. The van der Waals surface area contributed by atoms with Crippen LogP contribution in [0.1, 0.15) is 11.1 Å². The fourth-order valence-electron chi connectivity index (χ4n) is 2.82. The van der Waals surface area contributed by atoms with Crippen LogP contribution < -0.4 is 19.5 Å². The Balaban J connectivity index is 1.72. The summed E-state index contributed by atoms with van der Waals surface area (Å²) in [4.78, 5) is 12.5. The number of nitrogens with one attached hydrogen (secondary N) is 1. The first-order chi connectivity index (χ1) is 15.5. The number of amides is 1. The van der Waals surface area contributed by atoms with Crippen LogP contribution in [-0.4, -0.2) is 20.1 Å². The molecule has 0 aromatic heterocycles. The number of anilines is 1. The molecule has 0 saturated heterocycles. The van der Waals surface area contributed by atoms with Crippen molar-refractivity contribution in [3.63, 3.8) is 0 Å². The Labute approximate surface area is 185 Å². The zero-order valence-electron chi connectivity index (χ0n) is 17.6. The largest absolute Gasteiger partial charge is 0.497 e. The van der Waals surface area contributed by atoms with Gasteiger partial charge < -0.3 is 19.5 Å². The van der Waals surface area contributed by atoms with Gasteiger partial charge in [0.25, 0.3) is 5.91 Å². The van der Waals surface area contributed by atoms with Crippen LogP contribution in [0.3, 0.4) is 0 Å². The topological polar surface area (TPSA) is 80.6 Å². The minimum atomic E-state index is -0.534. The van der Waals surface area contributed by atoms with Crippen LogP contribution in [0, 0.1) is 17.1 Å². The number of nitrogens with zero attached hydrogens (tertiary/aromatic N) is 1. The van der Waals surface area contributed by atoms with Crippen molar-refractivity contribution in [3.8, 4) is 23.3 Å². The zero-order valence-corrected chi connectivity index (χ0v) is 17.6. The molecule has 3 rings (SSSR count). The maximum Gasteiger partial charge on any atom is 0.266 e. The van der Waals surface area contributed by atoms with E-state index in [1.807, 2.05) is 6.07 Å². The predicted molar refractivity (Wildman–Crippen MR) is 119 cm³/mol. The molecule has 0 spiro atoms. The first-order valence-electron chi connectivity index (χ1n) is 9.65. The molecule has 0 bridgehead atoms. The smallest absolute Gasteiger partial charge is 0.266 e. The van der Waals surface area contributed by atoms with Crippen LogP contribution in [0.4, 0.5) is 10.1 Å². The highest BCUT2D eigenvalue weighted by molar-refractivity contribution is 6.09.